The van der Waals surface area contributed by atoms with Crippen LogP contribution in [-0.2, 0) is 6.42 Å². The molecule has 0 bridgehead atoms. The van der Waals surface area contributed by atoms with Crippen LogP contribution in [0.15, 0.2) is 30.5 Å². The molecule has 0 unspecified atom stereocenters. The zero-order valence-corrected chi connectivity index (χ0v) is 18.5. The number of anilines is 2. The molecule has 3 rings (SSSR count). The fourth-order valence-corrected chi connectivity index (χ4v) is 3.57. The van der Waals surface area contributed by atoms with E-state index in [1.165, 1.54) is 25.7 Å². The minimum absolute atomic E-state index is 0.0805. The van der Waals surface area contributed by atoms with Crippen molar-refractivity contribution in [1.29, 1.82) is 0 Å². The molecule has 0 aliphatic carbocycles. The Morgan fingerprint density at radius 1 is 1.10 bits per heavy atom. The number of hydrogen-bond donors (Lipinski definition) is 0. The van der Waals surface area contributed by atoms with E-state index >= 15 is 0 Å². The van der Waals surface area contributed by atoms with Crippen molar-refractivity contribution in [2.24, 2.45) is 0 Å². The maximum atomic E-state index is 13.6. The molecule has 1 aliphatic heterocycles. The van der Waals surface area contributed by atoms with Crippen LogP contribution in [0.3, 0.4) is 0 Å². The first kappa shape index (κ1) is 23.1. The molecule has 0 saturated carbocycles. The topological polar surface area (TPSA) is 19.4 Å². The molecule has 1 aliphatic rings. The van der Waals surface area contributed by atoms with Gasteiger partial charge in [0.05, 0.1) is 0 Å². The van der Waals surface area contributed by atoms with Crippen LogP contribution in [0.25, 0.3) is 11.1 Å². The van der Waals surface area contributed by atoms with E-state index in [-0.39, 0.29) is 5.56 Å². The second-order valence-electron chi connectivity index (χ2n) is 7.90. The molecule has 0 fully saturated rings. The summed E-state index contributed by atoms with van der Waals surface area (Å²) >= 11 is 0. The van der Waals surface area contributed by atoms with E-state index in [2.05, 4.69) is 23.7 Å². The molecule has 29 heavy (non-hydrogen) atoms. The molecule has 0 radical (unpaired) electrons. The second kappa shape index (κ2) is 11.1. The fraction of sp³-hybridized carbons (Fsp3) is 0.542. The van der Waals surface area contributed by atoms with Gasteiger partial charge in [-0.3, -0.25) is 0 Å². The SMILES string of the molecule is CCCCCC.CN(C)c1ccc(-c2cc3c(cc2C(F)F)N(C)CCC3)cn1. The molecule has 160 valence electrons. The lowest BCUT2D eigenvalue weighted by Crippen LogP contribution is -2.25. The first-order chi connectivity index (χ1) is 13.9. The van der Waals surface area contributed by atoms with Gasteiger partial charge >= 0.3 is 0 Å². The molecule has 0 spiro atoms. The van der Waals surface area contributed by atoms with Gasteiger partial charge < -0.3 is 9.80 Å². The van der Waals surface area contributed by atoms with E-state index in [9.17, 15) is 8.78 Å². The average molecular weight is 404 g/mol. The monoisotopic (exact) mass is 403 g/mol. The van der Waals surface area contributed by atoms with Crippen LogP contribution < -0.4 is 9.80 Å². The number of fused-ring (bicyclic) bond motifs is 1. The molecule has 1 aromatic carbocycles. The van der Waals surface area contributed by atoms with Crippen molar-refractivity contribution in [2.45, 2.75) is 58.8 Å². The van der Waals surface area contributed by atoms with Gasteiger partial charge in [-0.2, -0.15) is 0 Å². The highest BCUT2D eigenvalue weighted by Crippen LogP contribution is 2.38. The number of hydrogen-bond acceptors (Lipinski definition) is 3. The number of alkyl halides is 2. The van der Waals surface area contributed by atoms with Crippen molar-refractivity contribution in [3.63, 3.8) is 0 Å². The van der Waals surface area contributed by atoms with Crippen LogP contribution in [-0.4, -0.2) is 32.7 Å². The number of unbranched alkanes of at least 4 members (excludes halogenated alkanes) is 3. The van der Waals surface area contributed by atoms with Gasteiger partial charge in [-0.05, 0) is 48.2 Å². The van der Waals surface area contributed by atoms with Crippen LogP contribution in [0.1, 0.15) is 63.5 Å². The molecular weight excluding hydrogens is 368 g/mol. The number of benzene rings is 1. The summed E-state index contributed by atoms with van der Waals surface area (Å²) in [5.41, 5.74) is 3.47. The minimum atomic E-state index is -2.50. The number of aromatic nitrogens is 1. The van der Waals surface area contributed by atoms with Gasteiger partial charge in [-0.15, -0.1) is 0 Å². The van der Waals surface area contributed by atoms with Crippen molar-refractivity contribution in [2.75, 3.05) is 37.5 Å². The zero-order chi connectivity index (χ0) is 21.4. The molecule has 2 heterocycles. The Bertz CT molecular complexity index is 753. The summed E-state index contributed by atoms with van der Waals surface area (Å²) in [7, 11) is 5.77. The maximum absolute atomic E-state index is 13.6. The van der Waals surface area contributed by atoms with E-state index in [1.807, 2.05) is 44.2 Å². The average Bonchev–Trinajstić information content (AvgIpc) is 2.72. The van der Waals surface area contributed by atoms with Crippen LogP contribution in [0, 0.1) is 0 Å². The summed E-state index contributed by atoms with van der Waals surface area (Å²) < 4.78 is 27.1. The minimum Gasteiger partial charge on any atom is -0.374 e. The van der Waals surface area contributed by atoms with Gasteiger partial charge in [-0.1, -0.05) is 39.5 Å². The standard InChI is InChI=1S/C18H21F2N3.C6H14/c1-22(2)17-7-6-13(11-21-17)14-9-12-5-4-8-23(3)16(12)10-15(14)18(19)20;1-3-5-6-4-2/h6-7,9-11,18H,4-5,8H2,1-3H3;3-6H2,1-2H3. The first-order valence-electron chi connectivity index (χ1n) is 10.7. The quantitative estimate of drug-likeness (QED) is 0.499. The van der Waals surface area contributed by atoms with Gasteiger partial charge in [-0.25, -0.2) is 13.8 Å². The predicted molar refractivity (Wildman–Crippen MR) is 120 cm³/mol. The predicted octanol–water partition coefficient (Wildman–Crippen LogP) is 6.72. The number of halogens is 2. The lowest BCUT2D eigenvalue weighted by molar-refractivity contribution is 0.152. The van der Waals surface area contributed by atoms with E-state index in [0.29, 0.717) is 5.56 Å². The molecule has 0 amide bonds. The van der Waals surface area contributed by atoms with Crippen molar-refractivity contribution in [1.82, 2.24) is 4.98 Å². The number of nitrogens with zero attached hydrogens (tertiary/aromatic N) is 3. The molecule has 2 aromatic rings. The third kappa shape index (κ3) is 6.15. The summed E-state index contributed by atoms with van der Waals surface area (Å²) in [5, 5.41) is 0. The highest BCUT2D eigenvalue weighted by Gasteiger charge is 2.21. The van der Waals surface area contributed by atoms with Crippen LogP contribution in [0.5, 0.6) is 0 Å². The molecule has 0 atom stereocenters. The van der Waals surface area contributed by atoms with Gasteiger partial charge in [0.2, 0.25) is 0 Å². The number of rotatable bonds is 6. The number of pyridine rings is 1. The first-order valence-corrected chi connectivity index (χ1v) is 10.7. The molecule has 1 aromatic heterocycles. The lowest BCUT2D eigenvalue weighted by atomic mass is 9.93. The van der Waals surface area contributed by atoms with Crippen LogP contribution >= 0.6 is 0 Å². The third-order valence-corrected chi connectivity index (χ3v) is 5.31. The summed E-state index contributed by atoms with van der Waals surface area (Å²) in [5.74, 6) is 0.810. The van der Waals surface area contributed by atoms with Crippen molar-refractivity contribution < 1.29 is 8.78 Å². The molecular formula is C24H35F2N3. The Kier molecular flexibility index (Phi) is 8.87. The molecule has 3 nitrogen and oxygen atoms in total. The van der Waals surface area contributed by atoms with E-state index < -0.39 is 6.43 Å². The lowest BCUT2D eigenvalue weighted by Gasteiger charge is -2.29. The van der Waals surface area contributed by atoms with Crippen molar-refractivity contribution in [3.8, 4) is 11.1 Å². The fourth-order valence-electron chi connectivity index (χ4n) is 3.57. The summed E-state index contributed by atoms with van der Waals surface area (Å²) in [6.45, 7) is 5.37. The largest absolute Gasteiger partial charge is 0.374 e. The van der Waals surface area contributed by atoms with E-state index in [4.69, 9.17) is 0 Å². The second-order valence-corrected chi connectivity index (χ2v) is 7.90. The summed E-state index contributed by atoms with van der Waals surface area (Å²) in [6, 6.07) is 7.28. The Labute approximate surface area is 174 Å². The Morgan fingerprint density at radius 2 is 1.79 bits per heavy atom. The Balaban J connectivity index is 0.000000438. The third-order valence-electron chi connectivity index (χ3n) is 5.31. The molecule has 0 saturated heterocycles. The van der Waals surface area contributed by atoms with E-state index in [1.54, 1.807) is 12.3 Å². The van der Waals surface area contributed by atoms with Gasteiger partial charge in [0.25, 0.3) is 6.43 Å². The Hall–Kier alpha value is -2.17. The highest BCUT2D eigenvalue weighted by molar-refractivity contribution is 5.74. The van der Waals surface area contributed by atoms with E-state index in [0.717, 1.165) is 42.0 Å². The molecule has 5 heteroatoms. The molecule has 0 N–H and O–H groups in total. The van der Waals surface area contributed by atoms with Crippen molar-refractivity contribution in [3.05, 3.63) is 41.6 Å². The number of aryl methyl sites for hydroxylation is 1. The summed E-state index contributed by atoms with van der Waals surface area (Å²) in [4.78, 5) is 8.30. The summed E-state index contributed by atoms with van der Waals surface area (Å²) in [6.07, 6.45) is 6.69. The smallest absolute Gasteiger partial charge is 0.264 e. The Morgan fingerprint density at radius 3 is 2.31 bits per heavy atom. The van der Waals surface area contributed by atoms with Crippen LogP contribution in [0.4, 0.5) is 20.3 Å². The van der Waals surface area contributed by atoms with Gasteiger partial charge in [0.1, 0.15) is 5.82 Å². The maximum Gasteiger partial charge on any atom is 0.264 e. The van der Waals surface area contributed by atoms with Crippen molar-refractivity contribution >= 4 is 11.5 Å². The van der Waals surface area contributed by atoms with Gasteiger partial charge in [0, 0.05) is 50.7 Å². The highest BCUT2D eigenvalue weighted by atomic mass is 19.3. The van der Waals surface area contributed by atoms with Crippen LogP contribution in [0.2, 0.25) is 0 Å². The normalized spacial score (nSPS) is 13.0. The van der Waals surface area contributed by atoms with Gasteiger partial charge in [0.15, 0.2) is 0 Å². The zero-order valence-electron chi connectivity index (χ0n) is 18.5.